The fourth-order valence-corrected chi connectivity index (χ4v) is 2.23. The molecule has 0 saturated carbocycles. The van der Waals surface area contributed by atoms with Gasteiger partial charge in [0.1, 0.15) is 11.6 Å². The topological polar surface area (TPSA) is 47.0 Å². The first-order chi connectivity index (χ1) is 9.36. The van der Waals surface area contributed by atoms with Crippen molar-refractivity contribution in [1.29, 1.82) is 0 Å². The molecule has 0 spiro atoms. The summed E-state index contributed by atoms with van der Waals surface area (Å²) in [5, 5.41) is 3.24. The lowest BCUT2D eigenvalue weighted by Gasteiger charge is -2.06. The van der Waals surface area contributed by atoms with Crippen molar-refractivity contribution >= 4 is 0 Å². The minimum atomic E-state index is 0.707. The molecule has 0 amide bonds. The Morgan fingerprint density at radius 3 is 3.16 bits per heavy atom. The summed E-state index contributed by atoms with van der Waals surface area (Å²) in [4.78, 5) is 8.87. The van der Waals surface area contributed by atoms with Gasteiger partial charge in [-0.25, -0.2) is 9.97 Å². The normalized spacial score (nSPS) is 13.1. The molecule has 1 aliphatic heterocycles. The van der Waals surface area contributed by atoms with Crippen LogP contribution in [-0.4, -0.2) is 23.1 Å². The second-order valence-corrected chi connectivity index (χ2v) is 4.56. The molecule has 2 heterocycles. The lowest BCUT2D eigenvalue weighted by Crippen LogP contribution is -2.14. The van der Waals surface area contributed by atoms with Gasteiger partial charge < -0.3 is 10.1 Å². The van der Waals surface area contributed by atoms with Crippen molar-refractivity contribution in [2.75, 3.05) is 13.2 Å². The van der Waals surface area contributed by atoms with Crippen molar-refractivity contribution in [2.45, 2.75) is 19.9 Å². The van der Waals surface area contributed by atoms with Gasteiger partial charge in [0, 0.05) is 18.2 Å². The molecule has 1 aromatic heterocycles. The highest BCUT2D eigenvalue weighted by atomic mass is 16.5. The van der Waals surface area contributed by atoms with E-state index in [1.54, 1.807) is 0 Å². The Bertz CT molecular complexity index is 583. The van der Waals surface area contributed by atoms with E-state index >= 15 is 0 Å². The van der Waals surface area contributed by atoms with Crippen LogP contribution in [0.1, 0.15) is 18.3 Å². The highest BCUT2D eigenvalue weighted by molar-refractivity contribution is 5.62. The van der Waals surface area contributed by atoms with Gasteiger partial charge in [0.2, 0.25) is 0 Å². The van der Waals surface area contributed by atoms with E-state index in [9.17, 15) is 0 Å². The quantitative estimate of drug-likeness (QED) is 0.909. The third kappa shape index (κ3) is 2.58. The first-order valence-corrected chi connectivity index (χ1v) is 6.65. The molecule has 0 radical (unpaired) electrons. The van der Waals surface area contributed by atoms with Crippen LogP contribution < -0.4 is 10.1 Å². The van der Waals surface area contributed by atoms with Crippen LogP contribution in [0.2, 0.25) is 0 Å². The zero-order valence-electron chi connectivity index (χ0n) is 11.0. The molecule has 98 valence electrons. The molecule has 2 aromatic rings. The van der Waals surface area contributed by atoms with Gasteiger partial charge in [-0.2, -0.15) is 0 Å². The summed E-state index contributed by atoms with van der Waals surface area (Å²) < 4.78 is 5.52. The summed E-state index contributed by atoms with van der Waals surface area (Å²) in [6.07, 6.45) is 2.80. The molecule has 0 fully saturated rings. The molecule has 19 heavy (non-hydrogen) atoms. The maximum atomic E-state index is 5.52. The Balaban J connectivity index is 1.89. The molecule has 3 rings (SSSR count). The summed E-state index contributed by atoms with van der Waals surface area (Å²) in [6, 6.07) is 8.21. The number of nitrogens with zero attached hydrogens (tertiary/aromatic N) is 2. The molecule has 1 N–H and O–H groups in total. The molecule has 4 nitrogen and oxygen atoms in total. The molecule has 0 bridgehead atoms. The number of rotatable bonds is 4. The summed E-state index contributed by atoms with van der Waals surface area (Å²) in [5.41, 5.74) is 3.37. The molecular weight excluding hydrogens is 238 g/mol. The predicted molar refractivity (Wildman–Crippen MR) is 74.0 cm³/mol. The zero-order chi connectivity index (χ0) is 13.1. The Labute approximate surface area is 112 Å². The van der Waals surface area contributed by atoms with Crippen LogP contribution >= 0.6 is 0 Å². The largest absolute Gasteiger partial charge is 0.493 e. The average Bonchev–Trinajstić information content (AvgIpc) is 2.92. The van der Waals surface area contributed by atoms with Crippen LogP contribution in [0.4, 0.5) is 0 Å². The summed E-state index contributed by atoms with van der Waals surface area (Å²) in [7, 11) is 0. The van der Waals surface area contributed by atoms with Crippen molar-refractivity contribution in [3.8, 4) is 17.0 Å². The summed E-state index contributed by atoms with van der Waals surface area (Å²) in [5.74, 6) is 1.83. The predicted octanol–water partition coefficient (Wildman–Crippen LogP) is 2.19. The smallest absolute Gasteiger partial charge is 0.142 e. The maximum absolute atomic E-state index is 5.52. The first kappa shape index (κ1) is 12.1. The monoisotopic (exact) mass is 255 g/mol. The van der Waals surface area contributed by atoms with Crippen molar-refractivity contribution in [1.82, 2.24) is 15.3 Å². The van der Waals surface area contributed by atoms with Gasteiger partial charge in [-0.1, -0.05) is 6.92 Å². The van der Waals surface area contributed by atoms with Crippen molar-refractivity contribution in [3.63, 3.8) is 0 Å². The van der Waals surface area contributed by atoms with E-state index in [4.69, 9.17) is 4.74 Å². The van der Waals surface area contributed by atoms with E-state index in [0.29, 0.717) is 6.54 Å². The molecule has 1 aromatic carbocycles. The number of hydrogen-bond donors (Lipinski definition) is 1. The fraction of sp³-hybridized carbons (Fsp3) is 0.333. The number of hydrogen-bond acceptors (Lipinski definition) is 4. The minimum Gasteiger partial charge on any atom is -0.493 e. The van der Waals surface area contributed by atoms with Gasteiger partial charge >= 0.3 is 0 Å². The third-order valence-corrected chi connectivity index (χ3v) is 3.22. The summed E-state index contributed by atoms with van der Waals surface area (Å²) >= 11 is 0. The Hall–Kier alpha value is -1.94. The zero-order valence-corrected chi connectivity index (χ0v) is 11.0. The van der Waals surface area contributed by atoms with Crippen LogP contribution in [0.3, 0.4) is 0 Å². The van der Waals surface area contributed by atoms with Crippen molar-refractivity contribution in [3.05, 3.63) is 41.9 Å². The van der Waals surface area contributed by atoms with E-state index in [2.05, 4.69) is 34.3 Å². The number of benzene rings is 1. The number of aromatic nitrogens is 2. The third-order valence-electron chi connectivity index (χ3n) is 3.22. The Kier molecular flexibility index (Phi) is 3.42. The number of ether oxygens (including phenoxy) is 1. The van der Waals surface area contributed by atoms with Crippen LogP contribution in [-0.2, 0) is 13.0 Å². The van der Waals surface area contributed by atoms with Crippen LogP contribution in [0, 0.1) is 0 Å². The molecule has 0 unspecified atom stereocenters. The second-order valence-electron chi connectivity index (χ2n) is 4.56. The van der Waals surface area contributed by atoms with Crippen molar-refractivity contribution in [2.24, 2.45) is 0 Å². The fourth-order valence-electron chi connectivity index (χ4n) is 2.23. The lowest BCUT2D eigenvalue weighted by molar-refractivity contribution is 0.357. The van der Waals surface area contributed by atoms with E-state index in [1.165, 1.54) is 5.56 Å². The van der Waals surface area contributed by atoms with Gasteiger partial charge in [0.25, 0.3) is 0 Å². The SMILES string of the molecule is CCNCc1nccc(-c2ccc3c(c2)CCO3)n1. The van der Waals surface area contributed by atoms with Crippen molar-refractivity contribution < 1.29 is 4.74 Å². The Morgan fingerprint density at radius 1 is 1.32 bits per heavy atom. The van der Waals surface area contributed by atoms with E-state index in [-0.39, 0.29) is 0 Å². The number of nitrogens with one attached hydrogen (secondary N) is 1. The molecule has 4 heteroatoms. The first-order valence-electron chi connectivity index (χ1n) is 6.65. The van der Waals surface area contributed by atoms with Gasteiger partial charge in [-0.3, -0.25) is 0 Å². The van der Waals surface area contributed by atoms with Crippen LogP contribution in [0.5, 0.6) is 5.75 Å². The second kappa shape index (κ2) is 5.36. The van der Waals surface area contributed by atoms with E-state index < -0.39 is 0 Å². The van der Waals surface area contributed by atoms with Gasteiger partial charge in [0.05, 0.1) is 18.8 Å². The minimum absolute atomic E-state index is 0.707. The maximum Gasteiger partial charge on any atom is 0.142 e. The van der Waals surface area contributed by atoms with Gasteiger partial charge in [-0.15, -0.1) is 0 Å². The average molecular weight is 255 g/mol. The molecule has 0 atom stereocenters. The molecular formula is C15H17N3O. The Morgan fingerprint density at radius 2 is 2.26 bits per heavy atom. The van der Waals surface area contributed by atoms with E-state index in [1.807, 2.05) is 18.3 Å². The van der Waals surface area contributed by atoms with Crippen LogP contribution in [0.15, 0.2) is 30.5 Å². The lowest BCUT2D eigenvalue weighted by atomic mass is 10.1. The van der Waals surface area contributed by atoms with Gasteiger partial charge in [-0.05, 0) is 36.4 Å². The van der Waals surface area contributed by atoms with E-state index in [0.717, 1.165) is 42.4 Å². The van der Waals surface area contributed by atoms with Gasteiger partial charge in [0.15, 0.2) is 0 Å². The van der Waals surface area contributed by atoms with Crippen LogP contribution in [0.25, 0.3) is 11.3 Å². The molecule has 0 saturated heterocycles. The molecule has 1 aliphatic rings. The highest BCUT2D eigenvalue weighted by Gasteiger charge is 2.13. The number of fused-ring (bicyclic) bond motifs is 1. The summed E-state index contributed by atoms with van der Waals surface area (Å²) in [6.45, 7) is 4.49. The molecule has 0 aliphatic carbocycles. The standard InChI is InChI=1S/C15H17N3O/c1-2-16-10-15-17-7-5-13(18-15)11-3-4-14-12(9-11)6-8-19-14/h3-5,7,9,16H,2,6,8,10H2,1H3. The highest BCUT2D eigenvalue weighted by Crippen LogP contribution is 2.29.